The number of hydrogen-bond donors (Lipinski definition) is 0. The second-order valence-electron chi connectivity index (χ2n) is 2.39. The second kappa shape index (κ2) is 6.35. The number of hydrogen-bond acceptors (Lipinski definition) is 1. The molecule has 0 aliphatic carbocycles. The van der Waals surface area contributed by atoms with Gasteiger partial charge in [0.1, 0.15) is 0 Å². The second-order valence-corrected chi connectivity index (χ2v) is 9.93. The van der Waals surface area contributed by atoms with Gasteiger partial charge in [0.15, 0.2) is 0 Å². The molecule has 10 heavy (non-hydrogen) atoms. The van der Waals surface area contributed by atoms with Crippen LogP contribution in [0.2, 0.25) is 3.93 Å². The van der Waals surface area contributed by atoms with Gasteiger partial charge in [0.05, 0.1) is 0 Å². The maximum atomic E-state index is 10.5. The number of rotatable bonds is 4. The Hall–Kier alpha value is 0.635. The number of ketones is 1. The Kier molecular flexibility index (Phi) is 6.76. The Morgan fingerprint density at radius 3 is 2.60 bits per heavy atom. The van der Waals surface area contributed by atoms with E-state index in [1.807, 2.05) is 6.92 Å². The van der Waals surface area contributed by atoms with Gasteiger partial charge in [0, 0.05) is 0 Å². The van der Waals surface area contributed by atoms with Crippen LogP contribution < -0.4 is 0 Å². The van der Waals surface area contributed by atoms with E-state index in [4.69, 9.17) is 8.25 Å². The van der Waals surface area contributed by atoms with Crippen LogP contribution in [0.1, 0.15) is 20.3 Å². The van der Waals surface area contributed by atoms with E-state index in [-0.39, 0.29) is 5.78 Å². The third-order valence-electron chi connectivity index (χ3n) is 1.15. The van der Waals surface area contributed by atoms with E-state index in [1.54, 1.807) is 13.0 Å². The summed E-state index contributed by atoms with van der Waals surface area (Å²) in [5.41, 5.74) is 1.17. The molecule has 0 fully saturated rings. The molecule has 0 aromatic heterocycles. The topological polar surface area (TPSA) is 17.1 Å². The monoisotopic (exact) mass is 348 g/mol. The van der Waals surface area contributed by atoms with Crippen LogP contribution in [-0.2, 0) is 28.1 Å². The fourth-order valence-corrected chi connectivity index (χ4v) is 4.62. The zero-order valence-electron chi connectivity index (χ0n) is 6.48. The summed E-state index contributed by atoms with van der Waals surface area (Å²) in [5.74, 6) is 0.142. The van der Waals surface area contributed by atoms with Crippen molar-refractivity contribution in [3.8, 4) is 0 Å². The molecule has 0 amide bonds. The normalized spacial score (nSPS) is 10.9. The number of allylic oxidation sites excluding steroid dienone is 2. The molecule has 0 atom stereocenters. The van der Waals surface area contributed by atoms with Crippen LogP contribution in [0, 0.1) is 0 Å². The first kappa shape index (κ1) is 10.6. The molecule has 0 saturated carbocycles. The van der Waals surface area contributed by atoms with E-state index >= 15 is 0 Å². The van der Waals surface area contributed by atoms with Crippen LogP contribution in [0.4, 0.5) is 0 Å². The minimum absolute atomic E-state index is 0.142. The first-order chi connectivity index (χ1) is 4.66. The molecule has 54 valence electrons. The first-order valence-electron chi connectivity index (χ1n) is 3.40. The number of carbonyl (C=O) groups is 1. The molecule has 0 bridgehead atoms. The molecule has 0 heterocycles. The van der Waals surface area contributed by atoms with Crippen molar-refractivity contribution >= 4 is 14.0 Å². The van der Waals surface area contributed by atoms with Crippen molar-refractivity contribution in [1.82, 2.24) is 0 Å². The SMILES string of the molecule is CC(=O)C=C(C)C[CH2][Hg][Cl]. The molecular formula is C7H11ClHgO. The van der Waals surface area contributed by atoms with Crippen molar-refractivity contribution in [2.45, 2.75) is 24.2 Å². The fourth-order valence-electron chi connectivity index (χ4n) is 0.765. The van der Waals surface area contributed by atoms with Crippen molar-refractivity contribution in [2.75, 3.05) is 0 Å². The zero-order valence-corrected chi connectivity index (χ0v) is 12.7. The third-order valence-corrected chi connectivity index (χ3v) is 5.91. The van der Waals surface area contributed by atoms with Crippen molar-refractivity contribution in [3.05, 3.63) is 11.6 Å². The van der Waals surface area contributed by atoms with Crippen LogP contribution in [0.3, 0.4) is 0 Å². The van der Waals surface area contributed by atoms with E-state index < -0.39 is 23.3 Å². The van der Waals surface area contributed by atoms with Crippen LogP contribution in [-0.4, -0.2) is 5.78 Å². The van der Waals surface area contributed by atoms with Crippen LogP contribution in [0.25, 0.3) is 0 Å². The summed E-state index contributed by atoms with van der Waals surface area (Å²) >= 11 is -0.950. The summed E-state index contributed by atoms with van der Waals surface area (Å²) in [5, 5.41) is 0. The molecule has 0 rings (SSSR count). The molecule has 1 nitrogen and oxygen atoms in total. The average Bonchev–Trinajstić information content (AvgIpc) is 1.82. The van der Waals surface area contributed by atoms with Gasteiger partial charge in [-0.1, -0.05) is 0 Å². The number of halogens is 1. The molecular weight excluding hydrogens is 336 g/mol. The quantitative estimate of drug-likeness (QED) is 0.564. The summed E-state index contributed by atoms with van der Waals surface area (Å²) in [6, 6.07) is 0. The molecule has 0 aromatic carbocycles. The standard InChI is InChI=1S/C7H11O.ClH.Hg/c1-4-6(2)5-7(3)8;;/h5H,1,4H2,2-3H3;1H;/q;;+1/p-1. The summed E-state index contributed by atoms with van der Waals surface area (Å²) in [6.07, 6.45) is 2.73. The van der Waals surface area contributed by atoms with Gasteiger partial charge in [-0.2, -0.15) is 0 Å². The number of carbonyl (C=O) groups excluding carboxylic acids is 1. The molecule has 0 radical (unpaired) electrons. The molecule has 0 spiro atoms. The summed E-state index contributed by atoms with van der Waals surface area (Å²) in [7, 11) is 5.69. The Labute approximate surface area is 77.7 Å². The summed E-state index contributed by atoms with van der Waals surface area (Å²) in [4.78, 5) is 10.5. The van der Waals surface area contributed by atoms with Crippen molar-refractivity contribution in [3.63, 3.8) is 0 Å². The van der Waals surface area contributed by atoms with E-state index in [0.717, 1.165) is 6.42 Å². The van der Waals surface area contributed by atoms with Crippen LogP contribution in [0.5, 0.6) is 0 Å². The summed E-state index contributed by atoms with van der Waals surface area (Å²) < 4.78 is 1.18. The Morgan fingerprint density at radius 1 is 1.60 bits per heavy atom. The van der Waals surface area contributed by atoms with E-state index in [2.05, 4.69) is 0 Å². The minimum atomic E-state index is -0.950. The van der Waals surface area contributed by atoms with Gasteiger partial charge in [-0.3, -0.25) is 0 Å². The van der Waals surface area contributed by atoms with Gasteiger partial charge in [0.2, 0.25) is 0 Å². The molecule has 0 unspecified atom stereocenters. The molecule has 0 saturated heterocycles. The van der Waals surface area contributed by atoms with Gasteiger partial charge in [-0.05, 0) is 0 Å². The predicted molar refractivity (Wildman–Crippen MR) is 39.7 cm³/mol. The predicted octanol–water partition coefficient (Wildman–Crippen LogP) is 2.57. The van der Waals surface area contributed by atoms with Crippen molar-refractivity contribution < 1.29 is 28.1 Å². The van der Waals surface area contributed by atoms with Gasteiger partial charge in [-0.25, -0.2) is 0 Å². The first-order valence-corrected chi connectivity index (χ1v) is 14.1. The van der Waals surface area contributed by atoms with Crippen molar-refractivity contribution in [2.24, 2.45) is 0 Å². The van der Waals surface area contributed by atoms with Crippen molar-refractivity contribution in [1.29, 1.82) is 0 Å². The Bertz CT molecular complexity index is 143. The molecule has 3 heteroatoms. The maximum absolute atomic E-state index is 10.5. The Balaban J connectivity index is 3.60. The third kappa shape index (κ3) is 6.75. The van der Waals surface area contributed by atoms with Gasteiger partial charge in [-0.15, -0.1) is 0 Å². The van der Waals surface area contributed by atoms with Crippen LogP contribution in [0.15, 0.2) is 11.6 Å². The van der Waals surface area contributed by atoms with E-state index in [0.29, 0.717) is 0 Å². The van der Waals surface area contributed by atoms with E-state index in [9.17, 15) is 4.79 Å². The van der Waals surface area contributed by atoms with Gasteiger partial charge < -0.3 is 0 Å². The Morgan fingerprint density at radius 2 is 2.20 bits per heavy atom. The van der Waals surface area contributed by atoms with Gasteiger partial charge in [0.25, 0.3) is 0 Å². The molecule has 0 aliphatic heterocycles. The molecule has 0 aromatic rings. The zero-order chi connectivity index (χ0) is 7.98. The van der Waals surface area contributed by atoms with E-state index in [1.165, 1.54) is 9.50 Å². The molecule has 0 aliphatic rings. The summed E-state index contributed by atoms with van der Waals surface area (Å²) in [6.45, 7) is 3.57. The van der Waals surface area contributed by atoms with Gasteiger partial charge >= 0.3 is 78.0 Å². The average molecular weight is 347 g/mol. The fraction of sp³-hybridized carbons (Fsp3) is 0.571. The molecule has 0 N–H and O–H groups in total. The van der Waals surface area contributed by atoms with Crippen LogP contribution >= 0.6 is 8.25 Å².